The van der Waals surface area contributed by atoms with Gasteiger partial charge in [-0.05, 0) is 43.8 Å². The highest BCUT2D eigenvalue weighted by Gasteiger charge is 2.27. The summed E-state index contributed by atoms with van der Waals surface area (Å²) in [5.41, 5.74) is 4.41. The van der Waals surface area contributed by atoms with E-state index in [1.54, 1.807) is 0 Å². The fourth-order valence-electron chi connectivity index (χ4n) is 7.20. The van der Waals surface area contributed by atoms with E-state index < -0.39 is 0 Å². The van der Waals surface area contributed by atoms with E-state index in [-0.39, 0.29) is 31.6 Å². The van der Waals surface area contributed by atoms with Crippen molar-refractivity contribution in [3.63, 3.8) is 0 Å². The first-order valence-corrected chi connectivity index (χ1v) is 18.2. The molecule has 0 spiro atoms. The molecule has 0 aliphatic heterocycles. The van der Waals surface area contributed by atoms with Crippen molar-refractivity contribution in [1.29, 1.82) is 0 Å². The van der Waals surface area contributed by atoms with Crippen LogP contribution in [0, 0.1) is 0 Å². The third-order valence-electron chi connectivity index (χ3n) is 9.48. The van der Waals surface area contributed by atoms with Gasteiger partial charge in [0.15, 0.2) is 11.5 Å². The van der Waals surface area contributed by atoms with Crippen molar-refractivity contribution in [1.82, 2.24) is 0 Å². The Hall–Kier alpha value is -5.22. The molecule has 9 rings (SSSR count). The van der Waals surface area contributed by atoms with E-state index in [0.29, 0.717) is 11.5 Å². The summed E-state index contributed by atoms with van der Waals surface area (Å²) in [5, 5.41) is 7.95. The summed E-state index contributed by atoms with van der Waals surface area (Å²) in [6, 6.07) is 53.1. The normalized spacial score (nSPS) is 11.5. The lowest BCUT2D eigenvalue weighted by molar-refractivity contribution is 0.481. The minimum absolute atomic E-state index is 0.0841. The molecule has 9 aromatic rings. The molecule has 250 valence electrons. The molecule has 0 N–H and O–H groups in total. The zero-order valence-electron chi connectivity index (χ0n) is 27.3. The van der Waals surface area contributed by atoms with Gasteiger partial charge in [0, 0.05) is 21.5 Å². The molecule has 6 heteroatoms. The number of benzene rings is 9. The Balaban J connectivity index is 1.22. The molecule has 0 aromatic heterocycles. The van der Waals surface area contributed by atoms with Crippen LogP contribution in [0.1, 0.15) is 0 Å². The molecule has 0 aliphatic rings. The van der Waals surface area contributed by atoms with Crippen LogP contribution in [0.5, 0.6) is 23.0 Å². The number of hydrogen-bond acceptors (Lipinski definition) is 2. The van der Waals surface area contributed by atoms with Crippen molar-refractivity contribution in [2.45, 2.75) is 0 Å². The lowest BCUT2D eigenvalue weighted by atomic mass is 9.91. The first kappa shape index (κ1) is 32.7. The molecule has 52 heavy (non-hydrogen) atoms. The third kappa shape index (κ3) is 5.34. The maximum atomic E-state index is 7.08. The second-order valence-corrected chi connectivity index (χ2v) is 14.0. The Morgan fingerprint density at radius 1 is 0.250 bits per heavy atom. The van der Waals surface area contributed by atoms with E-state index in [2.05, 4.69) is 48.5 Å². The molecule has 0 radical (unpaired) electrons. The molecule has 0 aliphatic carbocycles. The Bertz CT molecular complexity index is 2500. The lowest BCUT2D eigenvalue weighted by Gasteiger charge is -2.21. The number of fused-ring (bicyclic) bond motifs is 4. The third-order valence-corrected chi connectivity index (χ3v) is 11.1. The zero-order valence-corrected chi connectivity index (χ0v) is 30.4. The summed E-state index contributed by atoms with van der Waals surface area (Å²) in [4.78, 5) is 0. The Morgan fingerprint density at radius 3 is 0.750 bits per heavy atom. The van der Waals surface area contributed by atoms with Gasteiger partial charge in [-0.3, -0.25) is 0 Å². The van der Waals surface area contributed by atoms with Crippen LogP contribution < -0.4 is 9.47 Å². The number of halogens is 4. The van der Waals surface area contributed by atoms with Crippen LogP contribution in [0.3, 0.4) is 0 Å². The van der Waals surface area contributed by atoms with Gasteiger partial charge in [0.05, 0.1) is 0 Å². The Kier molecular flexibility index (Phi) is 8.42. The van der Waals surface area contributed by atoms with Gasteiger partial charge >= 0.3 is 0 Å². The molecular formula is C46H26Cl4O2. The standard InChI is InChI=1S/C46H26Cl4O2/c47-39-41(49)46(52-44-35-25-13-9-21-31(35)38(28-17-5-2-6-18-28)32-22-10-14-26-36(32)44)42(50)40(48)45(39)51-43-33-23-11-7-19-29(33)37(27-15-3-1-4-16-27)30-20-8-12-24-34(30)43/h1-26H. The SMILES string of the molecule is Clc1c(Cl)c(Oc2c3ccccc3c(-c3ccccc3)c3ccccc23)c(Cl)c(Cl)c1Oc1c2ccccc2c(-c2ccccc2)c2ccccc12. The summed E-state index contributed by atoms with van der Waals surface area (Å²) in [7, 11) is 0. The second kappa shape index (κ2) is 13.4. The Labute approximate surface area is 320 Å². The van der Waals surface area contributed by atoms with Gasteiger partial charge in [0.2, 0.25) is 0 Å². The van der Waals surface area contributed by atoms with Crippen molar-refractivity contribution in [3.05, 3.63) is 178 Å². The maximum absolute atomic E-state index is 7.08. The van der Waals surface area contributed by atoms with E-state index in [1.165, 1.54) is 0 Å². The summed E-state index contributed by atoms with van der Waals surface area (Å²) >= 11 is 28.3. The van der Waals surface area contributed by atoms with Crippen LogP contribution in [0.4, 0.5) is 0 Å². The highest BCUT2D eigenvalue weighted by molar-refractivity contribution is 6.50. The monoisotopic (exact) mass is 750 g/mol. The highest BCUT2D eigenvalue weighted by atomic mass is 35.5. The van der Waals surface area contributed by atoms with Gasteiger partial charge in [0.1, 0.15) is 31.6 Å². The van der Waals surface area contributed by atoms with E-state index in [1.807, 2.05) is 109 Å². The average Bonchev–Trinajstić information content (AvgIpc) is 3.20. The molecule has 9 aromatic carbocycles. The van der Waals surface area contributed by atoms with Gasteiger partial charge in [-0.2, -0.15) is 0 Å². The van der Waals surface area contributed by atoms with Gasteiger partial charge < -0.3 is 9.47 Å². The lowest BCUT2D eigenvalue weighted by Crippen LogP contribution is -1.97. The summed E-state index contributed by atoms with van der Waals surface area (Å²) in [5.74, 6) is 1.46. The van der Waals surface area contributed by atoms with E-state index in [0.717, 1.165) is 65.3 Å². The molecule has 0 saturated heterocycles. The first-order chi connectivity index (χ1) is 25.5. The Morgan fingerprint density at radius 2 is 0.481 bits per heavy atom. The topological polar surface area (TPSA) is 18.5 Å². The predicted molar refractivity (Wildman–Crippen MR) is 220 cm³/mol. The molecule has 0 atom stereocenters. The van der Waals surface area contributed by atoms with Gasteiger partial charge in [-0.25, -0.2) is 0 Å². The van der Waals surface area contributed by atoms with Crippen LogP contribution in [0.15, 0.2) is 158 Å². The van der Waals surface area contributed by atoms with Gasteiger partial charge in [-0.1, -0.05) is 204 Å². The fraction of sp³-hybridized carbons (Fsp3) is 0. The van der Waals surface area contributed by atoms with Gasteiger partial charge in [-0.15, -0.1) is 0 Å². The molecule has 0 saturated carbocycles. The number of hydrogen-bond donors (Lipinski definition) is 0. The highest BCUT2D eigenvalue weighted by Crippen LogP contribution is 2.55. The van der Waals surface area contributed by atoms with E-state index in [9.17, 15) is 0 Å². The van der Waals surface area contributed by atoms with Crippen LogP contribution in [0.25, 0.3) is 65.3 Å². The fourth-order valence-corrected chi connectivity index (χ4v) is 8.18. The summed E-state index contributed by atoms with van der Waals surface area (Å²) in [6.45, 7) is 0. The van der Waals surface area contributed by atoms with Crippen molar-refractivity contribution < 1.29 is 9.47 Å². The van der Waals surface area contributed by atoms with Crippen molar-refractivity contribution in [2.75, 3.05) is 0 Å². The molecule has 0 heterocycles. The minimum Gasteiger partial charge on any atom is -0.453 e. The second-order valence-electron chi connectivity index (χ2n) is 12.4. The van der Waals surface area contributed by atoms with Crippen molar-refractivity contribution in [2.24, 2.45) is 0 Å². The summed E-state index contributed by atoms with van der Waals surface area (Å²) in [6.07, 6.45) is 0. The molecule has 2 nitrogen and oxygen atoms in total. The first-order valence-electron chi connectivity index (χ1n) is 16.7. The maximum Gasteiger partial charge on any atom is 0.167 e. The minimum atomic E-state index is 0.0841. The molecule has 0 bridgehead atoms. The molecule has 0 unspecified atom stereocenters. The number of rotatable bonds is 6. The van der Waals surface area contributed by atoms with Gasteiger partial charge in [0.25, 0.3) is 0 Å². The molecule has 0 amide bonds. The van der Waals surface area contributed by atoms with E-state index in [4.69, 9.17) is 55.9 Å². The number of ether oxygens (including phenoxy) is 2. The largest absolute Gasteiger partial charge is 0.453 e. The van der Waals surface area contributed by atoms with E-state index >= 15 is 0 Å². The van der Waals surface area contributed by atoms with Crippen LogP contribution in [-0.4, -0.2) is 0 Å². The van der Waals surface area contributed by atoms with Crippen LogP contribution in [0.2, 0.25) is 20.1 Å². The smallest absolute Gasteiger partial charge is 0.167 e. The summed E-state index contributed by atoms with van der Waals surface area (Å²) < 4.78 is 13.5. The zero-order chi connectivity index (χ0) is 35.3. The van der Waals surface area contributed by atoms with Crippen molar-refractivity contribution in [3.8, 4) is 45.3 Å². The molecule has 0 fully saturated rings. The quantitative estimate of drug-likeness (QED) is 0.124. The van der Waals surface area contributed by atoms with Crippen molar-refractivity contribution >= 4 is 89.5 Å². The predicted octanol–water partition coefficient (Wildman–Crippen LogP) is 15.8. The van der Waals surface area contributed by atoms with Crippen LogP contribution in [-0.2, 0) is 0 Å². The molecular weight excluding hydrogens is 726 g/mol. The average molecular weight is 753 g/mol. The van der Waals surface area contributed by atoms with Crippen LogP contribution >= 0.6 is 46.4 Å².